The molecule has 0 saturated carbocycles. The summed E-state index contributed by atoms with van der Waals surface area (Å²) < 4.78 is 10.9. The van der Waals surface area contributed by atoms with Gasteiger partial charge in [-0.1, -0.05) is 18.2 Å². The molecule has 142 valence electrons. The van der Waals surface area contributed by atoms with Crippen LogP contribution in [0.5, 0.6) is 5.75 Å². The maximum absolute atomic E-state index is 5.81. The first-order valence-corrected chi connectivity index (χ1v) is 9.21. The lowest BCUT2D eigenvalue weighted by molar-refractivity contribution is 0.145. The second kappa shape index (κ2) is 15.3. The molecule has 1 rings (SSSR count). The van der Waals surface area contributed by atoms with Crippen LogP contribution in [0.4, 0.5) is 0 Å². The lowest BCUT2D eigenvalue weighted by Gasteiger charge is -2.15. The van der Waals surface area contributed by atoms with Gasteiger partial charge in [0.2, 0.25) is 0 Å². The Balaban J connectivity index is 0.00000576. The molecule has 0 aliphatic heterocycles. The van der Waals surface area contributed by atoms with Gasteiger partial charge >= 0.3 is 0 Å². The number of hydrogen-bond donors (Lipinski definition) is 2. The van der Waals surface area contributed by atoms with Crippen LogP contribution in [-0.4, -0.2) is 51.4 Å². The summed E-state index contributed by atoms with van der Waals surface area (Å²) in [5.74, 6) is 3.66. The summed E-state index contributed by atoms with van der Waals surface area (Å²) in [7, 11) is 3.45. The predicted octanol–water partition coefficient (Wildman–Crippen LogP) is 3.22. The number of thioether (sulfide) groups is 1. The van der Waals surface area contributed by atoms with Gasteiger partial charge in [0.05, 0.1) is 6.61 Å². The topological polar surface area (TPSA) is 54.9 Å². The number of hydrogen-bond acceptors (Lipinski definition) is 4. The van der Waals surface area contributed by atoms with E-state index < -0.39 is 0 Å². The van der Waals surface area contributed by atoms with Crippen molar-refractivity contribution in [1.29, 1.82) is 0 Å². The summed E-state index contributed by atoms with van der Waals surface area (Å²) in [4.78, 5) is 4.25. The van der Waals surface area contributed by atoms with Gasteiger partial charge in [0.1, 0.15) is 12.4 Å². The van der Waals surface area contributed by atoms with E-state index in [-0.39, 0.29) is 24.0 Å². The van der Waals surface area contributed by atoms with Gasteiger partial charge in [0.25, 0.3) is 0 Å². The number of benzene rings is 1. The number of aryl methyl sites for hydroxylation is 1. The first-order valence-electron chi connectivity index (χ1n) is 8.05. The first-order chi connectivity index (χ1) is 11.7. The predicted molar refractivity (Wildman–Crippen MR) is 120 cm³/mol. The molecule has 0 unspecified atom stereocenters. The van der Waals surface area contributed by atoms with Crippen molar-refractivity contribution in [1.82, 2.24) is 10.6 Å². The third-order valence-corrected chi connectivity index (χ3v) is 4.18. The maximum Gasteiger partial charge on any atom is 0.191 e. The summed E-state index contributed by atoms with van der Waals surface area (Å²) in [5, 5.41) is 6.63. The zero-order chi connectivity index (χ0) is 17.6. The number of aliphatic imine (C=N–C) groups is 1. The number of methoxy groups -OCH3 is 1. The minimum absolute atomic E-state index is 0. The van der Waals surface area contributed by atoms with Crippen LogP contribution in [0.3, 0.4) is 0 Å². The lowest BCUT2D eigenvalue weighted by atomic mass is 10.1. The molecular weight excluding hydrogens is 449 g/mol. The largest absolute Gasteiger partial charge is 0.491 e. The Bertz CT molecular complexity index is 527. The zero-order valence-corrected chi connectivity index (χ0v) is 18.5. The van der Waals surface area contributed by atoms with E-state index in [0.29, 0.717) is 19.8 Å². The van der Waals surface area contributed by atoms with Gasteiger partial charge in [-0.25, -0.2) is 0 Å². The molecule has 0 aliphatic carbocycles. The fraction of sp³-hybridized carbons (Fsp3) is 0.500. The number of nitrogens with one attached hydrogen (secondary N) is 2. The van der Waals surface area contributed by atoms with E-state index in [9.17, 15) is 0 Å². The molecular formula is C18H30IN3O2S. The zero-order valence-electron chi connectivity index (χ0n) is 15.3. The smallest absolute Gasteiger partial charge is 0.191 e. The highest BCUT2D eigenvalue weighted by Crippen LogP contribution is 2.20. The second-order valence-electron chi connectivity index (χ2n) is 5.17. The SMILES string of the molecule is C=CCSCCNC(=NC)NCc1ccc(C)cc1OCCOC.I. The molecule has 0 bridgehead atoms. The standard InChI is InChI=1S/C18H29N3O2S.HI/c1-5-11-24-12-8-20-18(19-3)21-14-16-7-6-15(2)13-17(16)23-10-9-22-4;/h5-7,13H,1,8-12,14H2,2-4H3,(H2,19,20,21);1H. The lowest BCUT2D eigenvalue weighted by Crippen LogP contribution is -2.38. The van der Waals surface area contributed by atoms with E-state index in [0.717, 1.165) is 35.3 Å². The maximum atomic E-state index is 5.81. The van der Waals surface area contributed by atoms with Crippen LogP contribution in [0.15, 0.2) is 35.8 Å². The van der Waals surface area contributed by atoms with Crippen LogP contribution in [0.25, 0.3) is 0 Å². The van der Waals surface area contributed by atoms with Crippen molar-refractivity contribution in [3.8, 4) is 5.75 Å². The van der Waals surface area contributed by atoms with Crippen LogP contribution in [0.2, 0.25) is 0 Å². The van der Waals surface area contributed by atoms with Gasteiger partial charge in [-0.05, 0) is 18.6 Å². The van der Waals surface area contributed by atoms with Gasteiger partial charge in [-0.15, -0.1) is 30.6 Å². The summed E-state index contributed by atoms with van der Waals surface area (Å²) in [6.07, 6.45) is 1.92. The Hall–Kier alpha value is -0.930. The van der Waals surface area contributed by atoms with E-state index in [1.165, 1.54) is 5.56 Å². The van der Waals surface area contributed by atoms with Crippen molar-refractivity contribution in [2.45, 2.75) is 13.5 Å². The normalized spacial score (nSPS) is 10.8. The Morgan fingerprint density at radius 1 is 1.32 bits per heavy atom. The minimum atomic E-state index is 0. The van der Waals surface area contributed by atoms with Crippen molar-refractivity contribution >= 4 is 41.7 Å². The highest BCUT2D eigenvalue weighted by molar-refractivity contribution is 14.0. The molecule has 1 aromatic rings. The summed E-state index contributed by atoms with van der Waals surface area (Å²) >= 11 is 1.84. The fourth-order valence-corrected chi connectivity index (χ4v) is 2.56. The monoisotopic (exact) mass is 479 g/mol. The molecule has 0 saturated heterocycles. The van der Waals surface area contributed by atoms with E-state index in [1.807, 2.05) is 17.8 Å². The van der Waals surface area contributed by atoms with Crippen molar-refractivity contribution in [2.24, 2.45) is 4.99 Å². The van der Waals surface area contributed by atoms with Crippen LogP contribution in [0.1, 0.15) is 11.1 Å². The number of nitrogens with zero attached hydrogens (tertiary/aromatic N) is 1. The summed E-state index contributed by atoms with van der Waals surface area (Å²) in [5.41, 5.74) is 2.27. The molecule has 0 heterocycles. The fourth-order valence-electron chi connectivity index (χ4n) is 1.98. The molecule has 0 aliphatic rings. The molecule has 0 radical (unpaired) electrons. The molecule has 0 amide bonds. The van der Waals surface area contributed by atoms with Crippen LogP contribution >= 0.6 is 35.7 Å². The van der Waals surface area contributed by atoms with Crippen molar-refractivity contribution in [2.75, 3.05) is 45.4 Å². The molecule has 5 nitrogen and oxygen atoms in total. The average molecular weight is 479 g/mol. The number of ether oxygens (including phenoxy) is 2. The Morgan fingerprint density at radius 3 is 2.80 bits per heavy atom. The Labute approximate surface area is 173 Å². The van der Waals surface area contributed by atoms with Crippen molar-refractivity contribution in [3.63, 3.8) is 0 Å². The molecule has 25 heavy (non-hydrogen) atoms. The van der Waals surface area contributed by atoms with Crippen molar-refractivity contribution in [3.05, 3.63) is 42.0 Å². The van der Waals surface area contributed by atoms with Crippen LogP contribution < -0.4 is 15.4 Å². The highest BCUT2D eigenvalue weighted by atomic mass is 127. The number of rotatable bonds is 11. The third-order valence-electron chi connectivity index (χ3n) is 3.21. The summed E-state index contributed by atoms with van der Waals surface area (Å²) in [6.45, 7) is 8.41. The molecule has 0 atom stereocenters. The molecule has 0 spiro atoms. The van der Waals surface area contributed by atoms with Gasteiger partial charge < -0.3 is 20.1 Å². The van der Waals surface area contributed by atoms with E-state index in [4.69, 9.17) is 9.47 Å². The third kappa shape index (κ3) is 10.6. The van der Waals surface area contributed by atoms with Gasteiger partial charge in [0, 0.05) is 44.3 Å². The molecule has 1 aromatic carbocycles. The number of guanidine groups is 1. The van der Waals surface area contributed by atoms with E-state index in [2.05, 4.69) is 47.3 Å². The molecule has 0 aromatic heterocycles. The molecule has 0 fully saturated rings. The summed E-state index contributed by atoms with van der Waals surface area (Å²) in [6, 6.07) is 6.22. The van der Waals surface area contributed by atoms with Gasteiger partial charge in [-0.2, -0.15) is 11.8 Å². The average Bonchev–Trinajstić information content (AvgIpc) is 2.59. The van der Waals surface area contributed by atoms with Gasteiger partial charge in [-0.3, -0.25) is 4.99 Å². The van der Waals surface area contributed by atoms with Crippen LogP contribution in [-0.2, 0) is 11.3 Å². The van der Waals surface area contributed by atoms with E-state index in [1.54, 1.807) is 14.2 Å². The second-order valence-corrected chi connectivity index (χ2v) is 6.32. The minimum Gasteiger partial charge on any atom is -0.491 e. The van der Waals surface area contributed by atoms with Crippen molar-refractivity contribution < 1.29 is 9.47 Å². The Kier molecular flexibility index (Phi) is 14.8. The first kappa shape index (κ1) is 24.1. The number of halogens is 1. The Morgan fingerprint density at radius 2 is 2.12 bits per heavy atom. The van der Waals surface area contributed by atoms with E-state index >= 15 is 0 Å². The van der Waals surface area contributed by atoms with Crippen LogP contribution in [0, 0.1) is 6.92 Å². The molecule has 7 heteroatoms. The quantitative estimate of drug-likeness (QED) is 0.168. The molecule has 2 N–H and O–H groups in total. The highest BCUT2D eigenvalue weighted by Gasteiger charge is 2.06. The van der Waals surface area contributed by atoms with Gasteiger partial charge in [0.15, 0.2) is 5.96 Å².